The zero-order chi connectivity index (χ0) is 15.9. The highest BCUT2D eigenvalue weighted by Gasteiger charge is 2.14. The molecule has 0 aliphatic heterocycles. The lowest BCUT2D eigenvalue weighted by Crippen LogP contribution is -2.33. The summed E-state index contributed by atoms with van der Waals surface area (Å²) in [4.78, 5) is 11.9. The van der Waals surface area contributed by atoms with Crippen molar-refractivity contribution in [1.29, 1.82) is 0 Å². The van der Waals surface area contributed by atoms with Crippen LogP contribution in [0.1, 0.15) is 18.1 Å². The first-order chi connectivity index (χ1) is 10.6. The third kappa shape index (κ3) is 4.70. The van der Waals surface area contributed by atoms with E-state index in [4.69, 9.17) is 4.74 Å². The Morgan fingerprint density at radius 1 is 1.23 bits per heavy atom. The molecule has 0 aromatic heterocycles. The highest BCUT2D eigenvalue weighted by atomic mass is 79.9. The normalized spacial score (nSPS) is 12.1. The molecule has 0 saturated heterocycles. The van der Waals surface area contributed by atoms with E-state index in [1.165, 1.54) is 5.56 Å². The van der Waals surface area contributed by atoms with E-state index in [-0.39, 0.29) is 5.91 Å². The number of carbonyl (C=O) groups is 1. The fraction of sp³-hybridized carbons (Fsp3) is 0.176. The van der Waals surface area contributed by atoms with Gasteiger partial charge in [0.25, 0.3) is 5.91 Å². The summed E-state index contributed by atoms with van der Waals surface area (Å²) in [6.07, 6.45) is 0.955. The minimum atomic E-state index is -0.645. The summed E-state index contributed by atoms with van der Waals surface area (Å²) in [6.45, 7) is 3.69. The van der Waals surface area contributed by atoms with Gasteiger partial charge in [-0.05, 0) is 47.5 Å². The van der Waals surface area contributed by atoms with Crippen molar-refractivity contribution in [2.75, 3.05) is 0 Å². The number of ether oxygens (including phenoxy) is 1. The fourth-order valence-corrected chi connectivity index (χ4v) is 2.08. The van der Waals surface area contributed by atoms with Crippen LogP contribution in [0, 0.1) is 6.92 Å². The molecule has 2 aromatic rings. The van der Waals surface area contributed by atoms with Gasteiger partial charge in [-0.1, -0.05) is 42.0 Å². The fourth-order valence-electron chi connectivity index (χ4n) is 1.70. The molecule has 114 valence electrons. The van der Waals surface area contributed by atoms with Gasteiger partial charge in [0.05, 0.1) is 10.7 Å². The molecule has 0 unspecified atom stereocenters. The Morgan fingerprint density at radius 3 is 2.59 bits per heavy atom. The Kier molecular flexibility index (Phi) is 5.72. The van der Waals surface area contributed by atoms with Crippen molar-refractivity contribution in [1.82, 2.24) is 5.43 Å². The molecule has 0 heterocycles. The van der Waals surface area contributed by atoms with Gasteiger partial charge in [-0.2, -0.15) is 5.10 Å². The predicted octanol–water partition coefficient (Wildman–Crippen LogP) is 3.68. The second-order valence-electron chi connectivity index (χ2n) is 4.84. The van der Waals surface area contributed by atoms with Crippen LogP contribution in [0.5, 0.6) is 5.75 Å². The lowest BCUT2D eigenvalue weighted by atomic mass is 10.2. The predicted molar refractivity (Wildman–Crippen MR) is 91.1 cm³/mol. The van der Waals surface area contributed by atoms with Crippen molar-refractivity contribution in [3.63, 3.8) is 0 Å². The van der Waals surface area contributed by atoms with E-state index in [0.717, 1.165) is 10.0 Å². The standard InChI is InChI=1S/C17H17BrN2O2/c1-12-7-9-14(10-8-12)11-19-20-17(21)13(2)22-16-6-4-3-5-15(16)18/h3-11,13H,1-2H3,(H,20,21)/b19-11-/t13-/m0/s1. The first-order valence-corrected chi connectivity index (χ1v) is 7.66. The molecule has 0 aliphatic rings. The molecule has 0 saturated carbocycles. The number of halogens is 1. The number of rotatable bonds is 5. The molecule has 1 N–H and O–H groups in total. The largest absolute Gasteiger partial charge is 0.480 e. The molecule has 22 heavy (non-hydrogen) atoms. The maximum Gasteiger partial charge on any atom is 0.280 e. The van der Waals surface area contributed by atoms with E-state index < -0.39 is 6.10 Å². The van der Waals surface area contributed by atoms with Crippen molar-refractivity contribution < 1.29 is 9.53 Å². The van der Waals surface area contributed by atoms with Crippen LogP contribution in [0.3, 0.4) is 0 Å². The van der Waals surface area contributed by atoms with Crippen LogP contribution < -0.4 is 10.2 Å². The average Bonchev–Trinajstić information content (AvgIpc) is 2.51. The monoisotopic (exact) mass is 360 g/mol. The number of para-hydroxylation sites is 1. The molecule has 0 radical (unpaired) electrons. The molecular weight excluding hydrogens is 344 g/mol. The first kappa shape index (κ1) is 16.2. The molecule has 0 spiro atoms. The third-order valence-electron chi connectivity index (χ3n) is 2.98. The number of nitrogens with one attached hydrogen (secondary N) is 1. The number of aryl methyl sites for hydroxylation is 1. The van der Waals surface area contributed by atoms with Crippen LogP contribution in [0.15, 0.2) is 58.1 Å². The van der Waals surface area contributed by atoms with Gasteiger partial charge in [0.1, 0.15) is 5.75 Å². The van der Waals surface area contributed by atoms with Gasteiger partial charge < -0.3 is 4.74 Å². The van der Waals surface area contributed by atoms with Gasteiger partial charge in [0.15, 0.2) is 6.10 Å². The van der Waals surface area contributed by atoms with Gasteiger partial charge in [0, 0.05) is 0 Å². The molecule has 1 amide bonds. The number of benzene rings is 2. The average molecular weight is 361 g/mol. The summed E-state index contributed by atoms with van der Waals surface area (Å²) >= 11 is 3.38. The molecular formula is C17H17BrN2O2. The molecule has 5 heteroatoms. The van der Waals surface area contributed by atoms with E-state index in [2.05, 4.69) is 26.5 Å². The summed E-state index contributed by atoms with van der Waals surface area (Å²) in [5, 5.41) is 3.94. The highest BCUT2D eigenvalue weighted by molar-refractivity contribution is 9.10. The Labute approximate surface area is 138 Å². The molecule has 2 rings (SSSR count). The lowest BCUT2D eigenvalue weighted by Gasteiger charge is -2.13. The number of hydrogen-bond donors (Lipinski definition) is 1. The van der Waals surface area contributed by atoms with Crippen LogP contribution in [0.4, 0.5) is 0 Å². The molecule has 4 nitrogen and oxygen atoms in total. The van der Waals surface area contributed by atoms with Crippen LogP contribution >= 0.6 is 15.9 Å². The number of nitrogens with zero attached hydrogens (tertiary/aromatic N) is 1. The molecule has 0 aliphatic carbocycles. The first-order valence-electron chi connectivity index (χ1n) is 6.87. The second-order valence-corrected chi connectivity index (χ2v) is 5.69. The van der Waals surface area contributed by atoms with E-state index >= 15 is 0 Å². The lowest BCUT2D eigenvalue weighted by molar-refractivity contribution is -0.127. The van der Waals surface area contributed by atoms with Crippen molar-refractivity contribution >= 4 is 28.1 Å². The summed E-state index contributed by atoms with van der Waals surface area (Å²) < 4.78 is 6.40. The van der Waals surface area contributed by atoms with Gasteiger partial charge >= 0.3 is 0 Å². The van der Waals surface area contributed by atoms with Crippen LogP contribution in [-0.2, 0) is 4.79 Å². The van der Waals surface area contributed by atoms with E-state index in [9.17, 15) is 4.79 Å². The molecule has 0 fully saturated rings. The quantitative estimate of drug-likeness (QED) is 0.653. The SMILES string of the molecule is Cc1ccc(/C=N\NC(=O)[C@H](C)Oc2ccccc2Br)cc1. The third-order valence-corrected chi connectivity index (χ3v) is 3.63. The van der Waals surface area contributed by atoms with Crippen molar-refractivity contribution in [3.05, 3.63) is 64.1 Å². The Bertz CT molecular complexity index is 669. The van der Waals surface area contributed by atoms with Crippen molar-refractivity contribution in [2.45, 2.75) is 20.0 Å². The Morgan fingerprint density at radius 2 is 1.91 bits per heavy atom. The van der Waals surface area contributed by atoms with E-state index in [0.29, 0.717) is 5.75 Å². The zero-order valence-corrected chi connectivity index (χ0v) is 14.0. The number of carbonyl (C=O) groups excluding carboxylic acids is 1. The van der Waals surface area contributed by atoms with Crippen LogP contribution in [0.25, 0.3) is 0 Å². The van der Waals surface area contributed by atoms with Crippen molar-refractivity contribution in [3.8, 4) is 5.75 Å². The zero-order valence-electron chi connectivity index (χ0n) is 12.4. The summed E-state index contributed by atoms with van der Waals surface area (Å²) in [5.74, 6) is 0.312. The van der Waals surface area contributed by atoms with Gasteiger partial charge in [0.2, 0.25) is 0 Å². The maximum atomic E-state index is 11.9. The minimum Gasteiger partial charge on any atom is -0.480 e. The number of amides is 1. The Balaban J connectivity index is 1.89. The summed E-state index contributed by atoms with van der Waals surface area (Å²) in [6, 6.07) is 15.2. The van der Waals surface area contributed by atoms with Gasteiger partial charge in [-0.25, -0.2) is 5.43 Å². The van der Waals surface area contributed by atoms with E-state index in [1.807, 2.05) is 49.4 Å². The summed E-state index contributed by atoms with van der Waals surface area (Å²) in [5.41, 5.74) is 4.57. The van der Waals surface area contributed by atoms with Gasteiger partial charge in [-0.3, -0.25) is 4.79 Å². The number of hydrazone groups is 1. The molecule has 0 bridgehead atoms. The smallest absolute Gasteiger partial charge is 0.280 e. The second kappa shape index (κ2) is 7.75. The topological polar surface area (TPSA) is 50.7 Å². The summed E-state index contributed by atoms with van der Waals surface area (Å²) in [7, 11) is 0. The highest BCUT2D eigenvalue weighted by Crippen LogP contribution is 2.24. The Hall–Kier alpha value is -2.14. The van der Waals surface area contributed by atoms with E-state index in [1.54, 1.807) is 19.2 Å². The minimum absolute atomic E-state index is 0.306. The van der Waals surface area contributed by atoms with Gasteiger partial charge in [-0.15, -0.1) is 0 Å². The van der Waals surface area contributed by atoms with Crippen LogP contribution in [-0.4, -0.2) is 18.2 Å². The maximum absolute atomic E-state index is 11.9. The molecule has 1 atom stereocenters. The van der Waals surface area contributed by atoms with Crippen molar-refractivity contribution in [2.24, 2.45) is 5.10 Å². The number of hydrogen-bond acceptors (Lipinski definition) is 3. The van der Waals surface area contributed by atoms with Crippen LogP contribution in [0.2, 0.25) is 0 Å². The molecule has 2 aromatic carbocycles.